The van der Waals surface area contributed by atoms with Crippen LogP contribution >= 0.6 is 23.2 Å². The maximum absolute atomic E-state index is 12.6. The van der Waals surface area contributed by atoms with Crippen LogP contribution in [0.5, 0.6) is 0 Å². The van der Waals surface area contributed by atoms with Gasteiger partial charge in [-0.1, -0.05) is 23.2 Å². The Hall–Kier alpha value is -2.05. The molecule has 1 aromatic carbocycles. The van der Waals surface area contributed by atoms with Crippen LogP contribution < -0.4 is 0 Å². The van der Waals surface area contributed by atoms with Gasteiger partial charge in [-0.05, 0) is 45.0 Å². The minimum Gasteiger partial charge on any atom is -0.480 e. The van der Waals surface area contributed by atoms with Crippen molar-refractivity contribution in [1.82, 2.24) is 14.7 Å². The monoisotopic (exact) mass is 369 g/mol. The van der Waals surface area contributed by atoms with Gasteiger partial charge in [0.2, 0.25) is 0 Å². The normalized spacial score (nSPS) is 10.9. The number of nitrogens with zero attached hydrogens (tertiary/aromatic N) is 3. The molecule has 1 heterocycles. The van der Waals surface area contributed by atoms with Crippen LogP contribution in [0, 0.1) is 6.92 Å². The summed E-state index contributed by atoms with van der Waals surface area (Å²) < 4.78 is 1.56. The molecule has 0 spiro atoms. The zero-order valence-corrected chi connectivity index (χ0v) is 15.0. The number of rotatable bonds is 5. The summed E-state index contributed by atoms with van der Waals surface area (Å²) in [7, 11) is 0. The predicted octanol–water partition coefficient (Wildman–Crippen LogP) is 3.42. The third-order valence-corrected chi connectivity index (χ3v) is 4.18. The fourth-order valence-electron chi connectivity index (χ4n) is 2.24. The molecule has 24 heavy (non-hydrogen) atoms. The maximum atomic E-state index is 12.6. The van der Waals surface area contributed by atoms with Crippen molar-refractivity contribution in [2.75, 3.05) is 6.54 Å². The summed E-state index contributed by atoms with van der Waals surface area (Å²) in [5, 5.41) is 14.1. The summed E-state index contributed by atoms with van der Waals surface area (Å²) in [6.07, 6.45) is 0. The van der Waals surface area contributed by atoms with E-state index in [-0.39, 0.29) is 18.3 Å². The average Bonchev–Trinajstić information content (AvgIpc) is 2.88. The number of hydrogen-bond donors (Lipinski definition) is 1. The van der Waals surface area contributed by atoms with Crippen LogP contribution in [0.1, 0.15) is 30.0 Å². The van der Waals surface area contributed by atoms with Crippen LogP contribution in [0.3, 0.4) is 0 Å². The fraction of sp³-hybridized carbons (Fsp3) is 0.312. The second-order valence-corrected chi connectivity index (χ2v) is 6.42. The Balaban J connectivity index is 2.38. The standard InChI is InChI=1S/C16H17Cl2N3O3/c1-9(2)20(8-15(22)23)16(24)14-6-10(3)21(19-14)11-4-5-12(17)13(18)7-11/h4-7,9H,8H2,1-3H3,(H,22,23). The van der Waals surface area contributed by atoms with Crippen molar-refractivity contribution < 1.29 is 14.7 Å². The summed E-state index contributed by atoms with van der Waals surface area (Å²) in [5.74, 6) is -1.51. The van der Waals surface area contributed by atoms with E-state index in [1.807, 2.05) is 0 Å². The Kier molecular flexibility index (Phi) is 5.51. The molecule has 0 atom stereocenters. The molecule has 0 saturated carbocycles. The topological polar surface area (TPSA) is 75.4 Å². The second-order valence-electron chi connectivity index (χ2n) is 5.60. The number of carboxylic acids is 1. The van der Waals surface area contributed by atoms with E-state index in [9.17, 15) is 9.59 Å². The van der Waals surface area contributed by atoms with E-state index in [4.69, 9.17) is 28.3 Å². The lowest BCUT2D eigenvalue weighted by molar-refractivity contribution is -0.138. The van der Waals surface area contributed by atoms with Gasteiger partial charge >= 0.3 is 5.97 Å². The van der Waals surface area contributed by atoms with E-state index >= 15 is 0 Å². The Morgan fingerprint density at radius 1 is 1.25 bits per heavy atom. The van der Waals surface area contributed by atoms with Gasteiger partial charge in [-0.25, -0.2) is 4.68 Å². The van der Waals surface area contributed by atoms with Crippen molar-refractivity contribution in [2.24, 2.45) is 0 Å². The van der Waals surface area contributed by atoms with Gasteiger partial charge in [0.25, 0.3) is 5.91 Å². The molecule has 0 saturated heterocycles. The smallest absolute Gasteiger partial charge is 0.323 e. The van der Waals surface area contributed by atoms with Gasteiger partial charge in [0, 0.05) is 11.7 Å². The minimum atomic E-state index is -1.07. The molecule has 0 aliphatic heterocycles. The number of hydrogen-bond acceptors (Lipinski definition) is 3. The van der Waals surface area contributed by atoms with Gasteiger partial charge in [0.05, 0.1) is 15.7 Å². The van der Waals surface area contributed by atoms with E-state index < -0.39 is 11.9 Å². The summed E-state index contributed by atoms with van der Waals surface area (Å²) in [6, 6.07) is 6.38. The molecule has 0 fully saturated rings. The Labute approximate surface area is 149 Å². The Morgan fingerprint density at radius 3 is 2.46 bits per heavy atom. The lowest BCUT2D eigenvalue weighted by Crippen LogP contribution is -2.40. The highest BCUT2D eigenvalue weighted by Gasteiger charge is 2.24. The number of benzene rings is 1. The number of halogens is 2. The minimum absolute atomic E-state index is 0.175. The number of carbonyl (C=O) groups excluding carboxylic acids is 1. The third kappa shape index (κ3) is 3.88. The van der Waals surface area contributed by atoms with Crippen LogP contribution in [-0.2, 0) is 4.79 Å². The zero-order chi connectivity index (χ0) is 18.0. The SMILES string of the molecule is Cc1cc(C(=O)N(CC(=O)O)C(C)C)nn1-c1ccc(Cl)c(Cl)c1. The van der Waals surface area contributed by atoms with Gasteiger partial charge < -0.3 is 10.0 Å². The van der Waals surface area contributed by atoms with Crippen molar-refractivity contribution in [2.45, 2.75) is 26.8 Å². The van der Waals surface area contributed by atoms with Crippen LogP contribution in [-0.4, -0.2) is 44.3 Å². The largest absolute Gasteiger partial charge is 0.480 e. The number of aliphatic carboxylic acids is 1. The van der Waals surface area contributed by atoms with E-state index in [0.717, 1.165) is 5.69 Å². The van der Waals surface area contributed by atoms with E-state index in [1.165, 1.54) is 4.90 Å². The number of amides is 1. The molecule has 128 valence electrons. The van der Waals surface area contributed by atoms with Crippen LogP contribution in [0.4, 0.5) is 0 Å². The number of carboxylic acid groups (broad SMARTS) is 1. The molecule has 1 N–H and O–H groups in total. The fourth-order valence-corrected chi connectivity index (χ4v) is 2.53. The van der Waals surface area contributed by atoms with E-state index in [1.54, 1.807) is 49.7 Å². The molecule has 0 bridgehead atoms. The molecule has 0 aliphatic carbocycles. The second kappa shape index (κ2) is 7.23. The highest BCUT2D eigenvalue weighted by Crippen LogP contribution is 2.25. The number of carbonyl (C=O) groups is 2. The summed E-state index contributed by atoms with van der Waals surface area (Å²) in [4.78, 5) is 24.8. The molecule has 0 radical (unpaired) electrons. The predicted molar refractivity (Wildman–Crippen MR) is 92.1 cm³/mol. The van der Waals surface area contributed by atoms with Crippen LogP contribution in [0.25, 0.3) is 5.69 Å². The molecular formula is C16H17Cl2N3O3. The molecule has 2 rings (SSSR count). The lowest BCUT2D eigenvalue weighted by atomic mass is 10.2. The molecule has 6 nitrogen and oxygen atoms in total. The molecule has 8 heteroatoms. The summed E-state index contributed by atoms with van der Waals surface area (Å²) in [6.45, 7) is 4.92. The zero-order valence-electron chi connectivity index (χ0n) is 13.5. The van der Waals surface area contributed by atoms with E-state index in [0.29, 0.717) is 15.7 Å². The summed E-state index contributed by atoms with van der Waals surface area (Å²) >= 11 is 11.9. The molecule has 1 amide bonds. The third-order valence-electron chi connectivity index (χ3n) is 3.44. The van der Waals surface area contributed by atoms with Gasteiger partial charge in [-0.2, -0.15) is 5.10 Å². The first-order chi connectivity index (χ1) is 11.2. The highest BCUT2D eigenvalue weighted by atomic mass is 35.5. The Bertz CT molecular complexity index is 787. The lowest BCUT2D eigenvalue weighted by Gasteiger charge is -2.23. The van der Waals surface area contributed by atoms with Gasteiger partial charge in [-0.15, -0.1) is 0 Å². The van der Waals surface area contributed by atoms with Crippen LogP contribution in [0.15, 0.2) is 24.3 Å². The van der Waals surface area contributed by atoms with Crippen molar-refractivity contribution in [3.63, 3.8) is 0 Å². The van der Waals surface area contributed by atoms with Crippen LogP contribution in [0.2, 0.25) is 10.0 Å². The average molecular weight is 370 g/mol. The van der Waals surface area contributed by atoms with Crippen molar-refractivity contribution in [3.8, 4) is 5.69 Å². The van der Waals surface area contributed by atoms with Crippen molar-refractivity contribution in [3.05, 3.63) is 45.7 Å². The highest BCUT2D eigenvalue weighted by molar-refractivity contribution is 6.42. The Morgan fingerprint density at radius 2 is 1.92 bits per heavy atom. The van der Waals surface area contributed by atoms with Crippen molar-refractivity contribution in [1.29, 1.82) is 0 Å². The molecule has 2 aromatic rings. The van der Waals surface area contributed by atoms with Gasteiger partial charge in [0.15, 0.2) is 5.69 Å². The van der Waals surface area contributed by atoms with Crippen molar-refractivity contribution >= 4 is 35.1 Å². The molecule has 0 aliphatic rings. The number of aryl methyl sites for hydroxylation is 1. The quantitative estimate of drug-likeness (QED) is 0.875. The first-order valence-electron chi connectivity index (χ1n) is 7.25. The molecule has 1 aromatic heterocycles. The maximum Gasteiger partial charge on any atom is 0.323 e. The van der Waals surface area contributed by atoms with E-state index in [2.05, 4.69) is 5.10 Å². The first-order valence-corrected chi connectivity index (χ1v) is 8.01. The summed E-state index contributed by atoms with van der Waals surface area (Å²) in [5.41, 5.74) is 1.56. The number of aromatic nitrogens is 2. The van der Waals surface area contributed by atoms with Gasteiger partial charge in [-0.3, -0.25) is 9.59 Å². The van der Waals surface area contributed by atoms with Gasteiger partial charge in [0.1, 0.15) is 6.54 Å². The molecular weight excluding hydrogens is 353 g/mol. The first kappa shape index (κ1) is 18.3. The molecule has 0 unspecified atom stereocenters.